The van der Waals surface area contributed by atoms with Crippen LogP contribution in [0.25, 0.3) is 0 Å². The normalized spacial score (nSPS) is 23.4. The summed E-state index contributed by atoms with van der Waals surface area (Å²) in [7, 11) is 0. The van der Waals surface area contributed by atoms with Crippen molar-refractivity contribution in [3.05, 3.63) is 60.8 Å². The Morgan fingerprint density at radius 1 is 0.729 bits per heavy atom. The quantitative estimate of drug-likeness (QED) is 0.0430. The van der Waals surface area contributed by atoms with Gasteiger partial charge in [-0.05, 0) is 57.8 Å². The Hall–Kier alpha value is -2.11. The Balaban J connectivity index is 2.51. The monoisotopic (exact) mass is 677 g/mol. The topological polar surface area (TPSA) is 149 Å². The number of unbranched alkanes of at least 4 members (excludes halogenated alkanes) is 10. The lowest BCUT2D eigenvalue weighted by atomic mass is 9.99. The number of aliphatic hydroxyl groups is 5. The van der Waals surface area contributed by atoms with E-state index in [1.807, 2.05) is 6.08 Å². The number of aliphatic hydroxyl groups excluding tert-OH is 5. The summed E-state index contributed by atoms with van der Waals surface area (Å²) in [6, 6.07) is -0.825. The van der Waals surface area contributed by atoms with Crippen molar-refractivity contribution in [2.75, 3.05) is 13.2 Å². The molecule has 1 saturated heterocycles. The van der Waals surface area contributed by atoms with E-state index in [1.54, 1.807) is 6.08 Å². The summed E-state index contributed by atoms with van der Waals surface area (Å²) in [5.74, 6) is -0.224. The van der Waals surface area contributed by atoms with Crippen LogP contribution in [0.15, 0.2) is 60.8 Å². The van der Waals surface area contributed by atoms with Crippen LogP contribution in [0.3, 0.4) is 0 Å². The van der Waals surface area contributed by atoms with E-state index in [2.05, 4.69) is 67.8 Å². The molecule has 6 N–H and O–H groups in total. The number of nitrogens with one attached hydrogen (secondary N) is 1. The minimum absolute atomic E-state index is 0.209. The summed E-state index contributed by atoms with van der Waals surface area (Å²) in [5.41, 5.74) is 0. The number of carbonyl (C=O) groups is 1. The molecule has 1 aliphatic heterocycles. The second-order valence-corrected chi connectivity index (χ2v) is 12.6. The smallest absolute Gasteiger partial charge is 0.220 e. The number of hydrogen-bond donors (Lipinski definition) is 6. The van der Waals surface area contributed by atoms with Crippen LogP contribution in [-0.2, 0) is 14.3 Å². The van der Waals surface area contributed by atoms with Crippen LogP contribution in [0, 0.1) is 0 Å². The third-order valence-corrected chi connectivity index (χ3v) is 8.35. The van der Waals surface area contributed by atoms with Gasteiger partial charge in [0.1, 0.15) is 24.4 Å². The fourth-order valence-corrected chi connectivity index (χ4v) is 5.32. The van der Waals surface area contributed by atoms with Crippen molar-refractivity contribution >= 4 is 5.91 Å². The van der Waals surface area contributed by atoms with Crippen molar-refractivity contribution in [1.29, 1.82) is 0 Å². The Morgan fingerprint density at radius 3 is 1.92 bits per heavy atom. The number of amides is 1. The van der Waals surface area contributed by atoms with Crippen LogP contribution in [0.1, 0.15) is 123 Å². The van der Waals surface area contributed by atoms with Gasteiger partial charge in [0.25, 0.3) is 0 Å². The Labute approximate surface area is 290 Å². The molecule has 48 heavy (non-hydrogen) atoms. The maximum atomic E-state index is 12.8. The molecule has 7 atom stereocenters. The molecule has 1 rings (SSSR count). The first-order chi connectivity index (χ1) is 23.3. The molecule has 1 amide bonds. The van der Waals surface area contributed by atoms with E-state index in [-0.39, 0.29) is 12.5 Å². The zero-order chi connectivity index (χ0) is 35.2. The summed E-state index contributed by atoms with van der Waals surface area (Å²) < 4.78 is 11.1. The number of allylic oxidation sites excluding steroid dienone is 9. The van der Waals surface area contributed by atoms with Crippen LogP contribution < -0.4 is 5.32 Å². The van der Waals surface area contributed by atoms with Crippen molar-refractivity contribution in [3.8, 4) is 0 Å². The fourth-order valence-electron chi connectivity index (χ4n) is 5.32. The minimum Gasteiger partial charge on any atom is -0.394 e. The molecule has 1 aliphatic rings. The first kappa shape index (κ1) is 43.9. The maximum absolute atomic E-state index is 12.8. The van der Waals surface area contributed by atoms with E-state index in [4.69, 9.17) is 9.47 Å². The highest BCUT2D eigenvalue weighted by Crippen LogP contribution is 2.22. The standard InChI is InChI=1S/C39H67NO8/c1-3-5-7-9-11-13-15-16-17-18-19-21-23-25-27-29-35(43)40-32(31-47-39-38(46)37(45)36(44)34(30-41)48-39)33(42)28-26-24-22-20-14-12-10-8-6-4-2/h5,7,11,13,16-17,19,21,26,28,32-34,36-39,41-42,44-46H,3-4,6,8-10,12,14-15,18,20,22-25,27,29-31H2,1-2H3,(H,40,43)/b7-5-,13-11-,17-16-,21-19-,28-26+. The van der Waals surface area contributed by atoms with Gasteiger partial charge in [-0.2, -0.15) is 0 Å². The van der Waals surface area contributed by atoms with Crippen LogP contribution in [0.4, 0.5) is 0 Å². The predicted octanol–water partition coefficient (Wildman–Crippen LogP) is 6.10. The van der Waals surface area contributed by atoms with Gasteiger partial charge in [0, 0.05) is 6.42 Å². The highest BCUT2D eigenvalue weighted by Gasteiger charge is 2.44. The number of ether oxygens (including phenoxy) is 2. The first-order valence-electron chi connectivity index (χ1n) is 18.5. The van der Waals surface area contributed by atoms with Gasteiger partial charge in [-0.25, -0.2) is 0 Å². The second-order valence-electron chi connectivity index (χ2n) is 12.6. The number of carbonyl (C=O) groups excluding carboxylic acids is 1. The van der Waals surface area contributed by atoms with E-state index in [0.29, 0.717) is 12.8 Å². The molecular formula is C39H67NO8. The molecule has 0 aromatic rings. The molecule has 0 bridgehead atoms. The SMILES string of the molecule is CC/C=C\C/C=C\C/C=C\C/C=C\CCCCC(=O)NC(COC1OC(CO)C(O)C(O)C1O)C(O)/C=C/CCCCCCCCCC. The van der Waals surface area contributed by atoms with Gasteiger partial charge in [0.05, 0.1) is 25.4 Å². The first-order valence-corrected chi connectivity index (χ1v) is 18.5. The van der Waals surface area contributed by atoms with Gasteiger partial charge in [-0.1, -0.05) is 120 Å². The maximum Gasteiger partial charge on any atom is 0.220 e. The molecule has 9 heteroatoms. The summed E-state index contributed by atoms with van der Waals surface area (Å²) >= 11 is 0. The van der Waals surface area contributed by atoms with Crippen LogP contribution in [-0.4, -0.2) is 87.5 Å². The van der Waals surface area contributed by atoms with Crippen molar-refractivity contribution in [3.63, 3.8) is 0 Å². The largest absolute Gasteiger partial charge is 0.394 e. The van der Waals surface area contributed by atoms with E-state index in [0.717, 1.165) is 57.8 Å². The predicted molar refractivity (Wildman–Crippen MR) is 193 cm³/mol. The Bertz CT molecular complexity index is 931. The lowest BCUT2D eigenvalue weighted by Crippen LogP contribution is -2.60. The molecular weight excluding hydrogens is 610 g/mol. The molecule has 0 aliphatic carbocycles. The summed E-state index contributed by atoms with van der Waals surface area (Å²) in [4.78, 5) is 12.8. The van der Waals surface area contributed by atoms with Gasteiger partial charge in [-0.15, -0.1) is 0 Å². The summed E-state index contributed by atoms with van der Waals surface area (Å²) in [6.07, 6.45) is 29.8. The molecule has 0 spiro atoms. The van der Waals surface area contributed by atoms with E-state index < -0.39 is 49.5 Å². The minimum atomic E-state index is -1.57. The second kappa shape index (κ2) is 29.8. The Morgan fingerprint density at radius 2 is 1.29 bits per heavy atom. The van der Waals surface area contributed by atoms with Gasteiger partial charge < -0.3 is 40.3 Å². The molecule has 0 aromatic heterocycles. The van der Waals surface area contributed by atoms with Gasteiger partial charge in [0.15, 0.2) is 6.29 Å². The molecule has 7 unspecified atom stereocenters. The average Bonchev–Trinajstić information content (AvgIpc) is 3.08. The van der Waals surface area contributed by atoms with Gasteiger partial charge in [0.2, 0.25) is 5.91 Å². The molecule has 1 heterocycles. The highest BCUT2D eigenvalue weighted by atomic mass is 16.7. The highest BCUT2D eigenvalue weighted by molar-refractivity contribution is 5.76. The summed E-state index contributed by atoms with van der Waals surface area (Å²) in [6.45, 7) is 3.56. The molecule has 9 nitrogen and oxygen atoms in total. The fraction of sp³-hybridized carbons (Fsp3) is 0.718. The summed E-state index contributed by atoms with van der Waals surface area (Å²) in [5, 5.41) is 53.7. The molecule has 276 valence electrons. The molecule has 0 radical (unpaired) electrons. The zero-order valence-corrected chi connectivity index (χ0v) is 29.7. The third kappa shape index (κ3) is 21.1. The van der Waals surface area contributed by atoms with Crippen molar-refractivity contribution in [2.24, 2.45) is 0 Å². The third-order valence-electron chi connectivity index (χ3n) is 8.35. The number of rotatable bonds is 28. The van der Waals surface area contributed by atoms with Crippen LogP contribution in [0.2, 0.25) is 0 Å². The molecule has 1 fully saturated rings. The average molecular weight is 678 g/mol. The van der Waals surface area contributed by atoms with Crippen molar-refractivity contribution in [1.82, 2.24) is 5.32 Å². The lowest BCUT2D eigenvalue weighted by Gasteiger charge is -2.40. The number of hydrogen-bond acceptors (Lipinski definition) is 8. The van der Waals surface area contributed by atoms with Crippen molar-refractivity contribution < 1.29 is 39.8 Å². The van der Waals surface area contributed by atoms with E-state index >= 15 is 0 Å². The van der Waals surface area contributed by atoms with Crippen LogP contribution >= 0.6 is 0 Å². The van der Waals surface area contributed by atoms with Gasteiger partial charge in [-0.3, -0.25) is 4.79 Å². The van der Waals surface area contributed by atoms with Crippen molar-refractivity contribution in [2.45, 2.75) is 166 Å². The molecule has 0 saturated carbocycles. The van der Waals surface area contributed by atoms with Crippen LogP contribution in [0.5, 0.6) is 0 Å². The lowest BCUT2D eigenvalue weighted by molar-refractivity contribution is -0.302. The van der Waals surface area contributed by atoms with E-state index in [1.165, 1.54) is 38.5 Å². The zero-order valence-electron chi connectivity index (χ0n) is 29.7. The van der Waals surface area contributed by atoms with E-state index in [9.17, 15) is 30.3 Å². The molecule has 0 aromatic carbocycles. The Kier molecular flexibility index (Phi) is 27.2. The van der Waals surface area contributed by atoms with Gasteiger partial charge >= 0.3 is 0 Å².